The van der Waals surface area contributed by atoms with Gasteiger partial charge in [0.2, 0.25) is 5.95 Å². The fourth-order valence-corrected chi connectivity index (χ4v) is 3.31. The van der Waals surface area contributed by atoms with Gasteiger partial charge in [-0.1, -0.05) is 30.3 Å². The Morgan fingerprint density at radius 2 is 1.77 bits per heavy atom. The summed E-state index contributed by atoms with van der Waals surface area (Å²) >= 11 is 0. The van der Waals surface area contributed by atoms with Crippen LogP contribution in [0, 0.1) is 0 Å². The van der Waals surface area contributed by atoms with Gasteiger partial charge in [-0.15, -0.1) is 0 Å². The van der Waals surface area contributed by atoms with Gasteiger partial charge in [-0.2, -0.15) is 13.2 Å². The predicted octanol–water partition coefficient (Wildman–Crippen LogP) is 5.78. The van der Waals surface area contributed by atoms with Crippen molar-refractivity contribution in [3.8, 4) is 0 Å². The van der Waals surface area contributed by atoms with Crippen LogP contribution in [0.4, 0.5) is 30.6 Å². The summed E-state index contributed by atoms with van der Waals surface area (Å²) in [7, 11) is 0. The van der Waals surface area contributed by atoms with Crippen molar-refractivity contribution < 1.29 is 13.2 Å². The topological polar surface area (TPSA) is 67.7 Å². The molecule has 4 rings (SSSR count). The minimum atomic E-state index is -4.38. The van der Waals surface area contributed by atoms with E-state index in [9.17, 15) is 13.2 Å². The highest BCUT2D eigenvalue weighted by atomic mass is 19.4. The second-order valence-corrected chi connectivity index (χ2v) is 7.34. The Hall–Kier alpha value is -3.62. The SMILES string of the molecule is CC(C)n1c(Nc2ccccc2)nc2c(NCc3cccc(C(F)(F)F)c3)ncnc21. The third-order valence-corrected chi connectivity index (χ3v) is 4.74. The number of anilines is 3. The summed E-state index contributed by atoms with van der Waals surface area (Å²) in [5.41, 5.74) is 1.87. The number of fused-ring (bicyclic) bond motifs is 1. The molecule has 160 valence electrons. The summed E-state index contributed by atoms with van der Waals surface area (Å²) in [4.78, 5) is 13.3. The van der Waals surface area contributed by atoms with Gasteiger partial charge in [0.1, 0.15) is 6.33 Å². The van der Waals surface area contributed by atoms with E-state index in [0.717, 1.165) is 17.8 Å². The number of aromatic nitrogens is 4. The van der Waals surface area contributed by atoms with Gasteiger partial charge in [0.15, 0.2) is 17.0 Å². The molecule has 2 heterocycles. The molecule has 0 atom stereocenters. The smallest absolute Gasteiger partial charge is 0.364 e. The summed E-state index contributed by atoms with van der Waals surface area (Å²) in [6, 6.07) is 14.9. The van der Waals surface area contributed by atoms with E-state index >= 15 is 0 Å². The minimum Gasteiger partial charge on any atom is -0.364 e. The molecule has 2 aromatic carbocycles. The zero-order valence-electron chi connectivity index (χ0n) is 17.0. The first-order valence-electron chi connectivity index (χ1n) is 9.78. The molecule has 0 saturated heterocycles. The molecule has 31 heavy (non-hydrogen) atoms. The van der Waals surface area contributed by atoms with Crippen molar-refractivity contribution in [2.45, 2.75) is 32.6 Å². The predicted molar refractivity (Wildman–Crippen MR) is 114 cm³/mol. The zero-order valence-corrected chi connectivity index (χ0v) is 17.0. The average molecular weight is 426 g/mol. The maximum atomic E-state index is 13.0. The van der Waals surface area contributed by atoms with Crippen LogP contribution in [0.5, 0.6) is 0 Å². The molecule has 0 spiro atoms. The maximum absolute atomic E-state index is 13.0. The molecule has 0 aliphatic heterocycles. The number of hydrogen-bond acceptors (Lipinski definition) is 5. The van der Waals surface area contributed by atoms with E-state index in [1.165, 1.54) is 12.4 Å². The number of alkyl halides is 3. The maximum Gasteiger partial charge on any atom is 0.416 e. The van der Waals surface area contributed by atoms with E-state index in [4.69, 9.17) is 0 Å². The van der Waals surface area contributed by atoms with Crippen molar-refractivity contribution in [3.05, 3.63) is 72.1 Å². The van der Waals surface area contributed by atoms with Crippen LogP contribution < -0.4 is 10.6 Å². The Morgan fingerprint density at radius 1 is 1.00 bits per heavy atom. The number of rotatable bonds is 6. The van der Waals surface area contributed by atoms with Crippen molar-refractivity contribution in [2.75, 3.05) is 10.6 Å². The molecule has 4 aromatic rings. The van der Waals surface area contributed by atoms with E-state index in [-0.39, 0.29) is 12.6 Å². The lowest BCUT2D eigenvalue weighted by Gasteiger charge is -2.13. The minimum absolute atomic E-state index is 0.0717. The quantitative estimate of drug-likeness (QED) is 0.409. The molecule has 0 bridgehead atoms. The molecule has 0 amide bonds. The van der Waals surface area contributed by atoms with Crippen LogP contribution in [0.15, 0.2) is 60.9 Å². The zero-order chi connectivity index (χ0) is 22.0. The lowest BCUT2D eigenvalue weighted by atomic mass is 10.1. The third kappa shape index (κ3) is 4.45. The third-order valence-electron chi connectivity index (χ3n) is 4.74. The first-order chi connectivity index (χ1) is 14.8. The highest BCUT2D eigenvalue weighted by Gasteiger charge is 2.30. The van der Waals surface area contributed by atoms with E-state index < -0.39 is 11.7 Å². The van der Waals surface area contributed by atoms with Gasteiger partial charge in [-0.25, -0.2) is 15.0 Å². The normalized spacial score (nSPS) is 11.8. The molecule has 2 N–H and O–H groups in total. The molecule has 9 heteroatoms. The molecule has 2 aromatic heterocycles. The van der Waals surface area contributed by atoms with Crippen LogP contribution in [-0.2, 0) is 12.7 Å². The van der Waals surface area contributed by atoms with E-state index in [0.29, 0.717) is 28.5 Å². The first kappa shape index (κ1) is 20.6. The van der Waals surface area contributed by atoms with Crippen LogP contribution in [0.2, 0.25) is 0 Å². The second-order valence-electron chi connectivity index (χ2n) is 7.34. The van der Waals surface area contributed by atoms with Crippen LogP contribution in [0.25, 0.3) is 11.2 Å². The van der Waals surface area contributed by atoms with Crippen molar-refractivity contribution in [2.24, 2.45) is 0 Å². The molecule has 6 nitrogen and oxygen atoms in total. The van der Waals surface area contributed by atoms with Crippen molar-refractivity contribution in [1.82, 2.24) is 19.5 Å². The standard InChI is InChI=1S/C22H21F3N6/c1-14(2)31-20-18(30-21(31)29-17-9-4-3-5-10-17)19(27-13-28-20)26-12-15-7-6-8-16(11-15)22(23,24)25/h3-11,13-14H,12H2,1-2H3,(H,29,30)(H,26,27,28). The summed E-state index contributed by atoms with van der Waals surface area (Å²) in [6.07, 6.45) is -2.96. The van der Waals surface area contributed by atoms with Crippen LogP contribution >= 0.6 is 0 Å². The van der Waals surface area contributed by atoms with E-state index in [2.05, 4.69) is 25.6 Å². The molecule has 0 aliphatic carbocycles. The second kappa shape index (κ2) is 8.25. The van der Waals surface area contributed by atoms with Crippen molar-refractivity contribution in [1.29, 1.82) is 0 Å². The van der Waals surface area contributed by atoms with Gasteiger partial charge in [0.25, 0.3) is 0 Å². The lowest BCUT2D eigenvalue weighted by molar-refractivity contribution is -0.137. The summed E-state index contributed by atoms with van der Waals surface area (Å²) in [5, 5.41) is 6.40. The number of para-hydroxylation sites is 1. The number of imidazole rings is 1. The highest BCUT2D eigenvalue weighted by Crippen LogP contribution is 2.31. The largest absolute Gasteiger partial charge is 0.416 e. The first-order valence-corrected chi connectivity index (χ1v) is 9.78. The van der Waals surface area contributed by atoms with Gasteiger partial charge in [0.05, 0.1) is 5.56 Å². The molecular formula is C22H21F3N6. The number of halogens is 3. The van der Waals surface area contributed by atoms with Crippen LogP contribution in [0.3, 0.4) is 0 Å². The Labute approximate surface area is 177 Å². The van der Waals surface area contributed by atoms with Gasteiger partial charge < -0.3 is 10.6 Å². The van der Waals surface area contributed by atoms with E-state index in [1.54, 1.807) is 6.07 Å². The summed E-state index contributed by atoms with van der Waals surface area (Å²) in [5.74, 6) is 1.07. The molecular weight excluding hydrogens is 405 g/mol. The highest BCUT2D eigenvalue weighted by molar-refractivity contribution is 5.86. The number of nitrogens with one attached hydrogen (secondary N) is 2. The fourth-order valence-electron chi connectivity index (χ4n) is 3.31. The van der Waals surface area contributed by atoms with Gasteiger partial charge >= 0.3 is 6.18 Å². The van der Waals surface area contributed by atoms with Crippen molar-refractivity contribution >= 4 is 28.6 Å². The molecule has 0 aliphatic rings. The molecule has 0 fully saturated rings. The Kier molecular flexibility index (Phi) is 5.50. The summed E-state index contributed by atoms with van der Waals surface area (Å²) < 4.78 is 40.9. The number of hydrogen-bond donors (Lipinski definition) is 2. The summed E-state index contributed by atoms with van der Waals surface area (Å²) in [6.45, 7) is 4.22. The lowest BCUT2D eigenvalue weighted by Crippen LogP contribution is -2.08. The van der Waals surface area contributed by atoms with Gasteiger partial charge in [-0.3, -0.25) is 4.57 Å². The van der Waals surface area contributed by atoms with Crippen LogP contribution in [-0.4, -0.2) is 19.5 Å². The monoisotopic (exact) mass is 426 g/mol. The van der Waals surface area contributed by atoms with Gasteiger partial charge in [-0.05, 0) is 43.7 Å². The average Bonchev–Trinajstić information content (AvgIpc) is 3.11. The molecule has 0 unspecified atom stereocenters. The Morgan fingerprint density at radius 3 is 2.48 bits per heavy atom. The molecule has 0 saturated carbocycles. The number of nitrogens with zero attached hydrogens (tertiary/aromatic N) is 4. The number of benzene rings is 2. The molecule has 0 radical (unpaired) electrons. The Balaban J connectivity index is 1.65. The Bertz CT molecular complexity index is 1190. The fraction of sp³-hybridized carbons (Fsp3) is 0.227. The van der Waals surface area contributed by atoms with Gasteiger partial charge in [0, 0.05) is 18.3 Å². The van der Waals surface area contributed by atoms with Crippen molar-refractivity contribution in [3.63, 3.8) is 0 Å². The van der Waals surface area contributed by atoms with E-state index in [1.807, 2.05) is 48.7 Å². The van der Waals surface area contributed by atoms with Crippen LogP contribution in [0.1, 0.15) is 31.0 Å².